The number of carbonyl (C=O) groups excluding carboxylic acids is 1. The number of hydrogen-bond donors (Lipinski definition) is 1. The molecule has 0 saturated carbocycles. The van der Waals surface area contributed by atoms with Gasteiger partial charge in [-0.15, -0.1) is 11.3 Å². The quantitative estimate of drug-likeness (QED) is 0.931. The average Bonchev–Trinajstić information content (AvgIpc) is 2.91. The Kier molecular flexibility index (Phi) is 4.41. The van der Waals surface area contributed by atoms with Crippen LogP contribution >= 0.6 is 11.3 Å². The first-order valence-corrected chi connectivity index (χ1v) is 8.74. The number of thiophene rings is 1. The molecule has 2 heterocycles. The summed E-state index contributed by atoms with van der Waals surface area (Å²) in [4.78, 5) is 17.3. The van der Waals surface area contributed by atoms with E-state index in [2.05, 4.69) is 11.0 Å². The number of nitrogens with two attached hydrogens (primary N) is 1. The highest BCUT2D eigenvalue weighted by molar-refractivity contribution is 7.14. The van der Waals surface area contributed by atoms with Crippen molar-refractivity contribution in [2.75, 3.05) is 13.1 Å². The molecule has 2 N–H and O–H groups in total. The maximum Gasteiger partial charge on any atom is 0.264 e. The normalized spacial score (nSPS) is 22.6. The Morgan fingerprint density at radius 3 is 2.95 bits per heavy atom. The molecule has 2 aliphatic rings. The van der Waals surface area contributed by atoms with Crippen LogP contribution in [0.2, 0.25) is 0 Å². The lowest BCUT2D eigenvalue weighted by Gasteiger charge is -2.35. The van der Waals surface area contributed by atoms with E-state index in [1.165, 1.54) is 36.1 Å². The van der Waals surface area contributed by atoms with E-state index < -0.39 is 0 Å². The van der Waals surface area contributed by atoms with Crippen LogP contribution < -0.4 is 5.73 Å². The third-order valence-electron chi connectivity index (χ3n) is 4.60. The van der Waals surface area contributed by atoms with Crippen molar-refractivity contribution in [3.05, 3.63) is 21.4 Å². The van der Waals surface area contributed by atoms with Crippen molar-refractivity contribution in [1.29, 1.82) is 0 Å². The van der Waals surface area contributed by atoms with Crippen molar-refractivity contribution in [2.24, 2.45) is 5.73 Å². The number of hydrogen-bond acceptors (Lipinski definition) is 3. The van der Waals surface area contributed by atoms with Crippen molar-refractivity contribution < 1.29 is 4.79 Å². The van der Waals surface area contributed by atoms with Crippen LogP contribution in [-0.2, 0) is 12.8 Å². The number of amides is 1. The fourth-order valence-electron chi connectivity index (χ4n) is 3.50. The van der Waals surface area contributed by atoms with Gasteiger partial charge in [-0.25, -0.2) is 0 Å². The molecule has 110 valence electrons. The number of piperidine rings is 1. The fraction of sp³-hybridized carbons (Fsp3) is 0.688. The number of nitrogens with zero attached hydrogens (tertiary/aromatic N) is 1. The van der Waals surface area contributed by atoms with Gasteiger partial charge in [-0.05, 0) is 69.5 Å². The Bertz CT molecular complexity index is 457. The summed E-state index contributed by atoms with van der Waals surface area (Å²) in [7, 11) is 0. The minimum absolute atomic E-state index is 0.252. The Morgan fingerprint density at radius 1 is 1.30 bits per heavy atom. The largest absolute Gasteiger partial charge is 0.335 e. The van der Waals surface area contributed by atoms with E-state index in [0.717, 1.165) is 37.1 Å². The SMILES string of the molecule is NCCC1CCCCN1C(=O)c1cc2c(s1)CCCC2. The first-order chi connectivity index (χ1) is 9.79. The molecule has 1 aliphatic carbocycles. The molecule has 1 atom stereocenters. The minimum atomic E-state index is 0.252. The lowest BCUT2D eigenvalue weighted by atomic mass is 9.98. The zero-order chi connectivity index (χ0) is 13.9. The van der Waals surface area contributed by atoms with Crippen LogP contribution in [0.3, 0.4) is 0 Å². The van der Waals surface area contributed by atoms with E-state index in [1.54, 1.807) is 11.3 Å². The van der Waals surface area contributed by atoms with Gasteiger partial charge in [-0.2, -0.15) is 0 Å². The Hall–Kier alpha value is -0.870. The highest BCUT2D eigenvalue weighted by Crippen LogP contribution is 2.31. The summed E-state index contributed by atoms with van der Waals surface area (Å²) in [5, 5.41) is 0. The maximum absolute atomic E-state index is 12.8. The van der Waals surface area contributed by atoms with Crippen LogP contribution in [0.1, 0.15) is 58.6 Å². The van der Waals surface area contributed by atoms with Crippen molar-refractivity contribution in [1.82, 2.24) is 4.90 Å². The van der Waals surface area contributed by atoms with Gasteiger partial charge >= 0.3 is 0 Å². The van der Waals surface area contributed by atoms with Crippen molar-refractivity contribution in [3.63, 3.8) is 0 Å². The van der Waals surface area contributed by atoms with Crippen molar-refractivity contribution >= 4 is 17.2 Å². The Labute approximate surface area is 125 Å². The Morgan fingerprint density at radius 2 is 2.15 bits per heavy atom. The molecule has 0 bridgehead atoms. The van der Waals surface area contributed by atoms with E-state index >= 15 is 0 Å². The average molecular weight is 292 g/mol. The summed E-state index contributed by atoms with van der Waals surface area (Å²) in [5.41, 5.74) is 7.13. The van der Waals surface area contributed by atoms with Crippen molar-refractivity contribution in [2.45, 2.75) is 57.4 Å². The second-order valence-corrected chi connectivity index (χ2v) is 7.13. The fourth-order valence-corrected chi connectivity index (χ4v) is 4.71. The van der Waals surface area contributed by atoms with Crippen LogP contribution in [0, 0.1) is 0 Å². The lowest BCUT2D eigenvalue weighted by molar-refractivity contribution is 0.0610. The van der Waals surface area contributed by atoms with Crippen molar-refractivity contribution in [3.8, 4) is 0 Å². The topological polar surface area (TPSA) is 46.3 Å². The zero-order valence-corrected chi connectivity index (χ0v) is 12.9. The summed E-state index contributed by atoms with van der Waals surface area (Å²) in [5.74, 6) is 0.252. The second kappa shape index (κ2) is 6.27. The van der Waals surface area contributed by atoms with E-state index in [-0.39, 0.29) is 5.91 Å². The molecule has 0 spiro atoms. The molecule has 3 rings (SSSR count). The predicted octanol–water partition coefficient (Wildman–Crippen LogP) is 2.97. The molecular weight excluding hydrogens is 268 g/mol. The molecular formula is C16H24N2OS. The van der Waals surface area contributed by atoms with Gasteiger partial charge in [0.05, 0.1) is 4.88 Å². The molecule has 1 aliphatic heterocycles. The third-order valence-corrected chi connectivity index (χ3v) is 5.82. The molecule has 0 radical (unpaired) electrons. The second-order valence-electron chi connectivity index (χ2n) is 5.99. The zero-order valence-electron chi connectivity index (χ0n) is 12.1. The summed E-state index contributed by atoms with van der Waals surface area (Å²) in [6.45, 7) is 1.58. The predicted molar refractivity (Wildman–Crippen MR) is 83.3 cm³/mol. The van der Waals surface area contributed by atoms with Gasteiger partial charge in [0.25, 0.3) is 5.91 Å². The van der Waals surface area contributed by atoms with Crippen LogP contribution in [-0.4, -0.2) is 29.9 Å². The summed E-state index contributed by atoms with van der Waals surface area (Å²) < 4.78 is 0. The maximum atomic E-state index is 12.8. The summed E-state index contributed by atoms with van der Waals surface area (Å²) in [6.07, 6.45) is 9.31. The standard InChI is InChI=1S/C16H24N2OS/c17-9-8-13-6-3-4-10-18(13)16(19)15-11-12-5-1-2-7-14(12)20-15/h11,13H,1-10,17H2. The van der Waals surface area contributed by atoms with Gasteiger partial charge in [-0.1, -0.05) is 0 Å². The van der Waals surface area contributed by atoms with Gasteiger partial charge < -0.3 is 10.6 Å². The molecule has 1 aromatic rings. The van der Waals surface area contributed by atoms with Crippen LogP contribution in [0.15, 0.2) is 6.07 Å². The molecule has 1 amide bonds. The van der Waals surface area contributed by atoms with E-state index in [1.807, 2.05) is 0 Å². The van der Waals surface area contributed by atoms with Gasteiger partial charge in [0.2, 0.25) is 0 Å². The van der Waals surface area contributed by atoms with E-state index in [9.17, 15) is 4.79 Å². The van der Waals surface area contributed by atoms with Gasteiger partial charge in [-0.3, -0.25) is 4.79 Å². The Balaban J connectivity index is 1.78. The molecule has 3 nitrogen and oxygen atoms in total. The van der Waals surface area contributed by atoms with E-state index in [4.69, 9.17) is 5.73 Å². The lowest BCUT2D eigenvalue weighted by Crippen LogP contribution is -2.44. The summed E-state index contributed by atoms with van der Waals surface area (Å²) >= 11 is 1.73. The molecule has 1 unspecified atom stereocenters. The van der Waals surface area contributed by atoms with Gasteiger partial charge in [0.15, 0.2) is 0 Å². The third kappa shape index (κ3) is 2.77. The number of likely N-dealkylation sites (tertiary alicyclic amines) is 1. The number of rotatable bonds is 3. The smallest absolute Gasteiger partial charge is 0.264 e. The first kappa shape index (κ1) is 14.1. The highest BCUT2D eigenvalue weighted by Gasteiger charge is 2.28. The number of aryl methyl sites for hydroxylation is 2. The molecule has 20 heavy (non-hydrogen) atoms. The highest BCUT2D eigenvalue weighted by atomic mass is 32.1. The van der Waals surface area contributed by atoms with Crippen LogP contribution in [0.5, 0.6) is 0 Å². The molecule has 1 fully saturated rings. The molecule has 1 saturated heterocycles. The number of carbonyl (C=O) groups is 1. The van der Waals surface area contributed by atoms with E-state index in [0.29, 0.717) is 12.6 Å². The minimum Gasteiger partial charge on any atom is -0.335 e. The molecule has 0 aromatic carbocycles. The monoisotopic (exact) mass is 292 g/mol. The van der Waals surface area contributed by atoms with Gasteiger partial charge in [0, 0.05) is 17.5 Å². The number of fused-ring (bicyclic) bond motifs is 1. The van der Waals surface area contributed by atoms with Crippen LogP contribution in [0.25, 0.3) is 0 Å². The van der Waals surface area contributed by atoms with Crippen LogP contribution in [0.4, 0.5) is 0 Å². The molecule has 1 aromatic heterocycles. The molecule has 4 heteroatoms. The van der Waals surface area contributed by atoms with Gasteiger partial charge in [0.1, 0.15) is 0 Å². The summed E-state index contributed by atoms with van der Waals surface area (Å²) in [6, 6.07) is 2.52. The first-order valence-electron chi connectivity index (χ1n) is 7.92.